The highest BCUT2D eigenvalue weighted by Crippen LogP contribution is 2.26. The molecule has 1 rings (SSSR count). The maximum atomic E-state index is 12.4. The predicted molar refractivity (Wildman–Crippen MR) is 51.1 cm³/mol. The van der Waals surface area contributed by atoms with E-state index in [9.17, 15) is 18.0 Å². The van der Waals surface area contributed by atoms with Gasteiger partial charge in [-0.05, 0) is 6.42 Å². The molecule has 0 aliphatic carbocycles. The van der Waals surface area contributed by atoms with Crippen molar-refractivity contribution in [3.05, 3.63) is 12.3 Å². The quantitative estimate of drug-likeness (QED) is 0.742. The molecular formula is C9H13F3N2O3. The van der Waals surface area contributed by atoms with Crippen molar-refractivity contribution in [2.45, 2.75) is 38.1 Å². The lowest BCUT2D eigenvalue weighted by Crippen LogP contribution is -2.52. The minimum atomic E-state index is -4.50. The zero-order valence-electron chi connectivity index (χ0n) is 9.13. The van der Waals surface area contributed by atoms with Crippen molar-refractivity contribution in [2.24, 2.45) is 0 Å². The highest BCUT2D eigenvalue weighted by molar-refractivity contribution is 5.82. The van der Waals surface area contributed by atoms with Gasteiger partial charge in [0.05, 0.1) is 0 Å². The van der Waals surface area contributed by atoms with Crippen molar-refractivity contribution in [1.82, 2.24) is 10.8 Å². The van der Waals surface area contributed by atoms with Gasteiger partial charge in [0.2, 0.25) is 0 Å². The van der Waals surface area contributed by atoms with Crippen LogP contribution in [0.1, 0.15) is 19.8 Å². The fraction of sp³-hybridized carbons (Fsp3) is 0.667. The Hall–Kier alpha value is -1.12. The second-order valence-corrected chi connectivity index (χ2v) is 3.56. The molecule has 2 unspecified atom stereocenters. The van der Waals surface area contributed by atoms with Crippen LogP contribution in [0.3, 0.4) is 0 Å². The summed E-state index contributed by atoms with van der Waals surface area (Å²) in [4.78, 5) is 20.0. The maximum Gasteiger partial charge on any atom is 0.406 e. The van der Waals surface area contributed by atoms with Gasteiger partial charge in [0.15, 0.2) is 6.10 Å². The van der Waals surface area contributed by atoms with Crippen LogP contribution < -0.4 is 10.8 Å². The van der Waals surface area contributed by atoms with E-state index in [-0.39, 0.29) is 0 Å². The highest BCUT2D eigenvalue weighted by Gasteiger charge is 2.45. The molecule has 98 valence electrons. The molecule has 2 atom stereocenters. The summed E-state index contributed by atoms with van der Waals surface area (Å²) in [5.74, 6) is -0.701. The average molecular weight is 254 g/mol. The van der Waals surface area contributed by atoms with Gasteiger partial charge in [-0.25, -0.2) is 4.89 Å². The largest absolute Gasteiger partial charge is 0.406 e. The molecule has 5 nitrogen and oxygen atoms in total. The lowest BCUT2D eigenvalue weighted by Gasteiger charge is -2.29. The number of carbonyl (C=O) groups excluding carboxylic acids is 1. The number of halogens is 3. The zero-order chi connectivity index (χ0) is 13.1. The number of hydroxylamine groups is 1. The van der Waals surface area contributed by atoms with Gasteiger partial charge in [0, 0.05) is 12.1 Å². The average Bonchev–Trinajstić information content (AvgIpc) is 2.28. The number of carbonyl (C=O) groups is 1. The fourth-order valence-electron chi connectivity index (χ4n) is 1.14. The Morgan fingerprint density at radius 3 is 2.76 bits per heavy atom. The van der Waals surface area contributed by atoms with Crippen molar-refractivity contribution in [3.8, 4) is 0 Å². The lowest BCUT2D eigenvalue weighted by molar-refractivity contribution is -0.401. The SMILES string of the molecule is C=C(CC)NC(=O)C1CC(C(F)(F)F)NOO1. The van der Waals surface area contributed by atoms with Gasteiger partial charge < -0.3 is 5.32 Å². The van der Waals surface area contributed by atoms with Gasteiger partial charge in [0.25, 0.3) is 5.91 Å². The van der Waals surface area contributed by atoms with Crippen LogP contribution in [0.25, 0.3) is 0 Å². The molecule has 17 heavy (non-hydrogen) atoms. The van der Waals surface area contributed by atoms with E-state index >= 15 is 0 Å². The summed E-state index contributed by atoms with van der Waals surface area (Å²) < 4.78 is 37.1. The summed E-state index contributed by atoms with van der Waals surface area (Å²) in [7, 11) is 0. The molecule has 1 amide bonds. The summed E-state index contributed by atoms with van der Waals surface area (Å²) in [6.45, 7) is 5.26. The second kappa shape index (κ2) is 5.48. The first-order valence-corrected chi connectivity index (χ1v) is 4.97. The molecule has 0 aromatic heterocycles. The van der Waals surface area contributed by atoms with Crippen LogP contribution in [-0.4, -0.2) is 24.2 Å². The Balaban J connectivity index is 2.55. The maximum absolute atomic E-state index is 12.4. The first-order chi connectivity index (χ1) is 7.84. The molecule has 1 saturated heterocycles. The molecule has 0 bridgehead atoms. The van der Waals surface area contributed by atoms with E-state index in [1.165, 1.54) is 0 Å². The van der Waals surface area contributed by atoms with Crippen LogP contribution in [0.4, 0.5) is 13.2 Å². The normalized spacial score (nSPS) is 25.4. The van der Waals surface area contributed by atoms with Crippen LogP contribution >= 0.6 is 0 Å². The number of amides is 1. The number of hydrogen-bond acceptors (Lipinski definition) is 4. The molecule has 1 aliphatic heterocycles. The smallest absolute Gasteiger partial charge is 0.328 e. The lowest BCUT2D eigenvalue weighted by atomic mass is 10.1. The summed E-state index contributed by atoms with van der Waals surface area (Å²) in [6.07, 6.45) is -5.87. The van der Waals surface area contributed by atoms with Crippen LogP contribution in [-0.2, 0) is 14.7 Å². The predicted octanol–water partition coefficient (Wildman–Crippen LogP) is 1.18. The Labute approximate surface area is 95.8 Å². The molecule has 0 aromatic carbocycles. The minimum Gasteiger partial charge on any atom is -0.328 e. The Bertz CT molecular complexity index is 306. The second-order valence-electron chi connectivity index (χ2n) is 3.56. The molecule has 1 fully saturated rings. The number of nitrogens with one attached hydrogen (secondary N) is 2. The minimum absolute atomic E-state index is 0.403. The number of hydrogen-bond donors (Lipinski definition) is 2. The third-order valence-electron chi connectivity index (χ3n) is 2.22. The van der Waals surface area contributed by atoms with Crippen molar-refractivity contribution >= 4 is 5.91 Å². The van der Waals surface area contributed by atoms with Crippen molar-refractivity contribution < 1.29 is 27.8 Å². The topological polar surface area (TPSA) is 59.6 Å². The summed E-state index contributed by atoms with van der Waals surface area (Å²) >= 11 is 0. The van der Waals surface area contributed by atoms with Gasteiger partial charge in [-0.1, -0.05) is 13.5 Å². The fourth-order valence-corrected chi connectivity index (χ4v) is 1.14. The summed E-state index contributed by atoms with van der Waals surface area (Å²) in [5, 5.41) is 2.34. The summed E-state index contributed by atoms with van der Waals surface area (Å²) in [6, 6.07) is -1.93. The molecule has 1 heterocycles. The zero-order valence-corrected chi connectivity index (χ0v) is 9.13. The van der Waals surface area contributed by atoms with Crippen LogP contribution in [0.15, 0.2) is 12.3 Å². The van der Waals surface area contributed by atoms with E-state index in [0.29, 0.717) is 12.1 Å². The van der Waals surface area contributed by atoms with Gasteiger partial charge in [-0.2, -0.15) is 18.7 Å². The summed E-state index contributed by atoms with van der Waals surface area (Å²) in [5.41, 5.74) is 2.06. The first kappa shape index (κ1) is 13.9. The molecule has 2 N–H and O–H groups in total. The van der Waals surface area contributed by atoms with Crippen molar-refractivity contribution in [2.75, 3.05) is 0 Å². The number of allylic oxidation sites excluding steroid dienone is 1. The third kappa shape index (κ3) is 3.99. The first-order valence-electron chi connectivity index (χ1n) is 4.97. The van der Waals surface area contributed by atoms with Crippen LogP contribution in [0, 0.1) is 0 Å². The molecule has 8 heteroatoms. The van der Waals surface area contributed by atoms with E-state index in [1.54, 1.807) is 12.4 Å². The van der Waals surface area contributed by atoms with Gasteiger partial charge in [-0.15, -0.1) is 4.99 Å². The standard InChI is InChI=1S/C9H13F3N2O3/c1-3-5(2)13-8(15)6-4-7(9(10,11)12)14-17-16-6/h6-7,14H,2-4H2,1H3,(H,13,15). The van der Waals surface area contributed by atoms with Crippen LogP contribution in [0.2, 0.25) is 0 Å². The van der Waals surface area contributed by atoms with Gasteiger partial charge in [-0.3, -0.25) is 4.79 Å². The molecule has 0 radical (unpaired) electrons. The van der Waals surface area contributed by atoms with Crippen molar-refractivity contribution in [1.29, 1.82) is 0 Å². The van der Waals surface area contributed by atoms with Gasteiger partial charge in [0.1, 0.15) is 6.04 Å². The van der Waals surface area contributed by atoms with E-state index in [1.807, 2.05) is 0 Å². The van der Waals surface area contributed by atoms with Crippen LogP contribution in [0.5, 0.6) is 0 Å². The molecular weight excluding hydrogens is 241 g/mol. The molecule has 1 aliphatic rings. The van der Waals surface area contributed by atoms with E-state index < -0.39 is 30.7 Å². The Kier molecular flexibility index (Phi) is 4.49. The Morgan fingerprint density at radius 1 is 1.59 bits per heavy atom. The van der Waals surface area contributed by atoms with Crippen molar-refractivity contribution in [3.63, 3.8) is 0 Å². The molecule has 0 aromatic rings. The third-order valence-corrected chi connectivity index (χ3v) is 2.22. The number of alkyl halides is 3. The molecule has 0 spiro atoms. The molecule has 0 saturated carbocycles. The van der Waals surface area contributed by atoms with E-state index in [4.69, 9.17) is 0 Å². The van der Waals surface area contributed by atoms with E-state index in [2.05, 4.69) is 21.8 Å². The van der Waals surface area contributed by atoms with E-state index in [0.717, 1.165) is 0 Å². The monoisotopic (exact) mass is 254 g/mol. The number of rotatable bonds is 3. The Morgan fingerprint density at radius 2 is 2.24 bits per heavy atom. The highest BCUT2D eigenvalue weighted by atomic mass is 19.4. The van der Waals surface area contributed by atoms with Gasteiger partial charge >= 0.3 is 6.18 Å².